The maximum atomic E-state index is 11.4. The van der Waals surface area contributed by atoms with E-state index in [1.165, 1.54) is 12.7 Å². The largest absolute Gasteiger partial charge is 0.452 e. The zero-order valence-corrected chi connectivity index (χ0v) is 15.0. The van der Waals surface area contributed by atoms with Crippen LogP contribution in [0.4, 0.5) is 4.79 Å². The van der Waals surface area contributed by atoms with E-state index in [-0.39, 0.29) is 5.41 Å². The van der Waals surface area contributed by atoms with Crippen molar-refractivity contribution < 1.29 is 9.53 Å². The van der Waals surface area contributed by atoms with Crippen molar-refractivity contribution in [3.8, 4) is 0 Å². The molecule has 5 heteroatoms. The second kappa shape index (κ2) is 7.49. The van der Waals surface area contributed by atoms with Crippen LogP contribution in [0.25, 0.3) is 0 Å². The van der Waals surface area contributed by atoms with Crippen molar-refractivity contribution in [1.29, 1.82) is 0 Å². The third-order valence-corrected chi connectivity index (χ3v) is 3.84. The van der Waals surface area contributed by atoms with Crippen LogP contribution in [-0.4, -0.2) is 18.9 Å². The zero-order valence-electron chi connectivity index (χ0n) is 14.3. The Morgan fingerprint density at radius 2 is 1.50 bits per heavy atom. The first-order chi connectivity index (χ1) is 11.3. The predicted octanol–water partition coefficient (Wildman–Crippen LogP) is 4.75. The van der Waals surface area contributed by atoms with Crippen LogP contribution >= 0.6 is 11.6 Å². The van der Waals surface area contributed by atoms with E-state index in [1.54, 1.807) is 12.1 Å². The summed E-state index contributed by atoms with van der Waals surface area (Å²) in [6, 6.07) is 15.4. The van der Waals surface area contributed by atoms with Gasteiger partial charge < -0.3 is 4.74 Å². The number of amides is 1. The summed E-state index contributed by atoms with van der Waals surface area (Å²) in [4.78, 5) is 11.4. The van der Waals surface area contributed by atoms with Gasteiger partial charge in [-0.1, -0.05) is 68.8 Å². The first-order valence-electron chi connectivity index (χ1n) is 7.60. The summed E-state index contributed by atoms with van der Waals surface area (Å²) in [7, 11) is 1.30. The number of halogens is 1. The van der Waals surface area contributed by atoms with Gasteiger partial charge in [-0.3, -0.25) is 0 Å². The lowest BCUT2D eigenvalue weighted by molar-refractivity contribution is 0.171. The summed E-state index contributed by atoms with van der Waals surface area (Å²) in [5.74, 6) is 0. The van der Waals surface area contributed by atoms with Gasteiger partial charge in [-0.2, -0.15) is 5.10 Å². The standard InChI is InChI=1S/C19H21ClN2O2/c1-19(2,3)15-9-5-13(6-10-15)17(21-22-18(23)24-4)14-7-11-16(20)12-8-14/h5-12H,1-4H3,(H,22,23). The quantitative estimate of drug-likeness (QED) is 0.645. The highest BCUT2D eigenvalue weighted by Crippen LogP contribution is 2.23. The number of hydrogen-bond acceptors (Lipinski definition) is 3. The molecule has 0 radical (unpaired) electrons. The lowest BCUT2D eigenvalue weighted by atomic mass is 9.86. The van der Waals surface area contributed by atoms with Crippen LogP contribution in [0.3, 0.4) is 0 Å². The Hall–Kier alpha value is -2.33. The van der Waals surface area contributed by atoms with E-state index in [1.807, 2.05) is 24.3 Å². The van der Waals surface area contributed by atoms with Crippen LogP contribution in [0.1, 0.15) is 37.5 Å². The molecule has 1 amide bonds. The molecule has 0 aliphatic heterocycles. The Morgan fingerprint density at radius 3 is 1.96 bits per heavy atom. The van der Waals surface area contributed by atoms with E-state index < -0.39 is 6.09 Å². The molecule has 2 aromatic carbocycles. The molecule has 2 rings (SSSR count). The Balaban J connectivity index is 2.42. The molecule has 0 atom stereocenters. The highest BCUT2D eigenvalue weighted by molar-refractivity contribution is 6.30. The molecule has 0 fully saturated rings. The van der Waals surface area contributed by atoms with Crippen molar-refractivity contribution in [2.75, 3.05) is 7.11 Å². The van der Waals surface area contributed by atoms with E-state index in [4.69, 9.17) is 11.6 Å². The molecule has 0 aromatic heterocycles. The van der Waals surface area contributed by atoms with Crippen LogP contribution in [0.2, 0.25) is 5.02 Å². The average Bonchev–Trinajstić information content (AvgIpc) is 2.56. The molecule has 0 spiro atoms. The molecule has 0 heterocycles. The summed E-state index contributed by atoms with van der Waals surface area (Å²) in [6.07, 6.45) is -0.618. The fraction of sp³-hybridized carbons (Fsp3) is 0.263. The number of nitrogens with zero attached hydrogens (tertiary/aromatic N) is 1. The zero-order chi connectivity index (χ0) is 17.7. The van der Waals surface area contributed by atoms with Gasteiger partial charge in [-0.15, -0.1) is 0 Å². The van der Waals surface area contributed by atoms with Crippen LogP contribution < -0.4 is 5.43 Å². The molecule has 0 saturated carbocycles. The minimum Gasteiger partial charge on any atom is -0.452 e. The smallest absolute Gasteiger partial charge is 0.427 e. The molecular weight excluding hydrogens is 324 g/mol. The number of hydrogen-bond donors (Lipinski definition) is 1. The minimum atomic E-state index is -0.618. The van der Waals surface area contributed by atoms with Crippen LogP contribution in [-0.2, 0) is 10.2 Å². The third-order valence-electron chi connectivity index (χ3n) is 3.59. The number of carbonyl (C=O) groups excluding carboxylic acids is 1. The van der Waals surface area contributed by atoms with Crippen LogP contribution in [0.15, 0.2) is 53.6 Å². The fourth-order valence-corrected chi connectivity index (χ4v) is 2.30. The summed E-state index contributed by atoms with van der Waals surface area (Å²) >= 11 is 5.95. The first-order valence-corrected chi connectivity index (χ1v) is 7.97. The van der Waals surface area contributed by atoms with Crippen molar-refractivity contribution in [2.24, 2.45) is 5.10 Å². The third kappa shape index (κ3) is 4.59. The number of methoxy groups -OCH3 is 1. The molecule has 0 aliphatic carbocycles. The highest BCUT2D eigenvalue weighted by Gasteiger charge is 2.15. The number of carbonyl (C=O) groups is 1. The molecule has 126 valence electrons. The Morgan fingerprint density at radius 1 is 1.00 bits per heavy atom. The van der Waals surface area contributed by atoms with E-state index in [0.29, 0.717) is 10.7 Å². The first kappa shape index (κ1) is 18.0. The highest BCUT2D eigenvalue weighted by atomic mass is 35.5. The van der Waals surface area contributed by atoms with E-state index in [9.17, 15) is 4.79 Å². The lowest BCUT2D eigenvalue weighted by Crippen LogP contribution is -2.20. The molecule has 2 aromatic rings. The van der Waals surface area contributed by atoms with Gasteiger partial charge in [0.05, 0.1) is 12.8 Å². The predicted molar refractivity (Wildman–Crippen MR) is 97.8 cm³/mol. The minimum absolute atomic E-state index is 0.0698. The van der Waals surface area contributed by atoms with E-state index in [0.717, 1.165) is 11.1 Å². The normalized spacial score (nSPS) is 12.0. The summed E-state index contributed by atoms with van der Waals surface area (Å²) < 4.78 is 4.58. The number of hydrazone groups is 1. The number of rotatable bonds is 3. The summed E-state index contributed by atoms with van der Waals surface area (Å²) in [6.45, 7) is 6.49. The van der Waals surface area contributed by atoms with Crippen molar-refractivity contribution in [1.82, 2.24) is 5.43 Å². The molecule has 1 N–H and O–H groups in total. The van der Waals surface area contributed by atoms with Crippen molar-refractivity contribution >= 4 is 23.4 Å². The van der Waals surface area contributed by atoms with Gasteiger partial charge in [-0.05, 0) is 23.1 Å². The molecule has 0 aliphatic rings. The maximum Gasteiger partial charge on any atom is 0.427 e. The van der Waals surface area contributed by atoms with Crippen LogP contribution in [0, 0.1) is 0 Å². The van der Waals surface area contributed by atoms with Gasteiger partial charge >= 0.3 is 6.09 Å². The van der Waals surface area contributed by atoms with E-state index >= 15 is 0 Å². The molecular formula is C19H21ClN2O2. The van der Waals surface area contributed by atoms with Crippen molar-refractivity contribution in [3.05, 3.63) is 70.2 Å². The van der Waals surface area contributed by atoms with Gasteiger partial charge in [0.25, 0.3) is 0 Å². The molecule has 4 nitrogen and oxygen atoms in total. The Kier molecular flexibility index (Phi) is 5.62. The van der Waals surface area contributed by atoms with Gasteiger partial charge in [0.2, 0.25) is 0 Å². The maximum absolute atomic E-state index is 11.4. The molecule has 0 unspecified atom stereocenters. The summed E-state index contributed by atoms with van der Waals surface area (Å²) in [5, 5.41) is 4.85. The van der Waals surface area contributed by atoms with Gasteiger partial charge in [0, 0.05) is 16.1 Å². The summed E-state index contributed by atoms with van der Waals surface area (Å²) in [5.41, 5.74) is 6.05. The average molecular weight is 345 g/mol. The second-order valence-electron chi connectivity index (χ2n) is 6.40. The number of ether oxygens (including phenoxy) is 1. The van der Waals surface area contributed by atoms with Gasteiger partial charge in [0.15, 0.2) is 0 Å². The fourth-order valence-electron chi connectivity index (χ4n) is 2.18. The molecule has 0 bridgehead atoms. The molecule has 24 heavy (non-hydrogen) atoms. The molecule has 0 saturated heterocycles. The Labute approximate surface area is 147 Å². The number of benzene rings is 2. The topological polar surface area (TPSA) is 50.7 Å². The monoisotopic (exact) mass is 344 g/mol. The van der Waals surface area contributed by atoms with Crippen LogP contribution in [0.5, 0.6) is 0 Å². The van der Waals surface area contributed by atoms with Crippen molar-refractivity contribution in [3.63, 3.8) is 0 Å². The van der Waals surface area contributed by atoms with E-state index in [2.05, 4.69) is 48.2 Å². The Bertz CT molecular complexity index is 729. The number of nitrogens with one attached hydrogen (secondary N) is 1. The van der Waals surface area contributed by atoms with Crippen molar-refractivity contribution in [2.45, 2.75) is 26.2 Å². The lowest BCUT2D eigenvalue weighted by Gasteiger charge is -2.19. The van der Waals surface area contributed by atoms with Gasteiger partial charge in [-0.25, -0.2) is 10.2 Å². The van der Waals surface area contributed by atoms with Gasteiger partial charge in [0.1, 0.15) is 0 Å². The second-order valence-corrected chi connectivity index (χ2v) is 6.83. The SMILES string of the molecule is COC(=O)NN=C(c1ccc(Cl)cc1)c1ccc(C(C)(C)C)cc1.